The molecule has 3 saturated carbocycles. The SMILES string of the molecule is CCOCCC(=O)O[C@]1(C(=O)CO)CC[C@H]2[C@@H]3CCC4=CC(=O)CC[C@]4(C)[C@H]3[C@@H](O)C[C@@]21C. The zero-order valence-electron chi connectivity index (χ0n) is 20.1. The number of esters is 1. The molecule has 0 saturated heterocycles. The lowest BCUT2D eigenvalue weighted by Gasteiger charge is -2.60. The van der Waals surface area contributed by atoms with Gasteiger partial charge < -0.3 is 19.7 Å². The highest BCUT2D eigenvalue weighted by molar-refractivity contribution is 5.92. The smallest absolute Gasteiger partial charge is 0.309 e. The minimum absolute atomic E-state index is 0.0114. The van der Waals surface area contributed by atoms with Crippen LogP contribution in [0.3, 0.4) is 0 Å². The molecule has 4 aliphatic rings. The van der Waals surface area contributed by atoms with Crippen molar-refractivity contribution < 1.29 is 34.1 Å². The van der Waals surface area contributed by atoms with Crippen molar-refractivity contribution in [2.75, 3.05) is 19.8 Å². The molecule has 0 aliphatic heterocycles. The Labute approximate surface area is 195 Å². The van der Waals surface area contributed by atoms with Gasteiger partial charge in [-0.3, -0.25) is 14.4 Å². The highest BCUT2D eigenvalue weighted by Gasteiger charge is 2.70. The van der Waals surface area contributed by atoms with E-state index in [4.69, 9.17) is 9.47 Å². The number of Topliss-reactive ketones (excluding diaryl/α,β-unsaturated/α-hetero) is 1. The first kappa shape index (κ1) is 24.6. The molecule has 184 valence electrons. The summed E-state index contributed by atoms with van der Waals surface area (Å²) in [4.78, 5) is 37.9. The van der Waals surface area contributed by atoms with Crippen molar-refractivity contribution in [2.45, 2.75) is 83.8 Å². The summed E-state index contributed by atoms with van der Waals surface area (Å²) in [7, 11) is 0. The normalized spacial score (nSPS) is 42.1. The summed E-state index contributed by atoms with van der Waals surface area (Å²) in [6.07, 6.45) is 5.48. The molecule has 0 amide bonds. The number of fused-ring (bicyclic) bond motifs is 5. The van der Waals surface area contributed by atoms with Crippen LogP contribution in [0.5, 0.6) is 0 Å². The van der Waals surface area contributed by atoms with E-state index in [1.165, 1.54) is 0 Å². The third-order valence-corrected chi connectivity index (χ3v) is 9.55. The summed E-state index contributed by atoms with van der Waals surface area (Å²) in [6.45, 7) is 6.01. The fraction of sp³-hybridized carbons (Fsp3) is 0.808. The van der Waals surface area contributed by atoms with E-state index < -0.39 is 35.5 Å². The van der Waals surface area contributed by atoms with Gasteiger partial charge in [0.2, 0.25) is 5.78 Å². The standard InChI is InChI=1S/C26H38O7/c1-4-32-12-9-22(31)33-26(21(30)15-27)11-8-19-18-6-5-16-13-17(28)7-10-24(16,2)23(18)20(29)14-25(19,26)3/h13,18-20,23,27,29H,4-12,14-15H2,1-3H3/t18-,19-,20-,23+,24-,25-,26-/m0/s1. The molecule has 0 radical (unpaired) electrons. The lowest BCUT2D eigenvalue weighted by Crippen LogP contribution is -2.63. The maximum Gasteiger partial charge on any atom is 0.309 e. The number of aliphatic hydroxyl groups excluding tert-OH is 2. The first-order valence-electron chi connectivity index (χ1n) is 12.5. The Morgan fingerprint density at radius 3 is 2.64 bits per heavy atom. The maximum atomic E-state index is 13.2. The Hall–Kier alpha value is -1.57. The number of ether oxygens (including phenoxy) is 2. The Bertz CT molecular complexity index is 850. The summed E-state index contributed by atoms with van der Waals surface area (Å²) in [5.74, 6) is -0.536. The molecule has 2 N–H and O–H groups in total. The summed E-state index contributed by atoms with van der Waals surface area (Å²) >= 11 is 0. The van der Waals surface area contributed by atoms with Crippen molar-refractivity contribution in [3.8, 4) is 0 Å². The Morgan fingerprint density at radius 1 is 1.18 bits per heavy atom. The fourth-order valence-electron chi connectivity index (χ4n) is 8.03. The van der Waals surface area contributed by atoms with Gasteiger partial charge in [0, 0.05) is 18.4 Å². The van der Waals surface area contributed by atoms with E-state index in [2.05, 4.69) is 6.92 Å². The van der Waals surface area contributed by atoms with Gasteiger partial charge in [0.05, 0.1) is 19.1 Å². The molecule has 3 fully saturated rings. The molecular formula is C26H38O7. The molecular weight excluding hydrogens is 424 g/mol. The molecule has 0 unspecified atom stereocenters. The van der Waals surface area contributed by atoms with Crippen molar-refractivity contribution in [3.63, 3.8) is 0 Å². The third kappa shape index (κ3) is 3.71. The highest BCUT2D eigenvalue weighted by Crippen LogP contribution is 2.68. The summed E-state index contributed by atoms with van der Waals surface area (Å²) in [5.41, 5.74) is -1.25. The van der Waals surface area contributed by atoms with E-state index in [0.717, 1.165) is 24.8 Å². The van der Waals surface area contributed by atoms with Crippen LogP contribution in [0, 0.1) is 28.6 Å². The predicted octanol–water partition coefficient (Wildman–Crippen LogP) is 2.76. The van der Waals surface area contributed by atoms with E-state index in [1.807, 2.05) is 13.8 Å². The largest absolute Gasteiger partial charge is 0.450 e. The number of ketones is 2. The number of rotatable bonds is 7. The molecule has 0 heterocycles. The van der Waals surface area contributed by atoms with Gasteiger partial charge in [0.1, 0.15) is 6.61 Å². The van der Waals surface area contributed by atoms with Gasteiger partial charge in [0.15, 0.2) is 11.4 Å². The number of carbonyl (C=O) groups is 3. The molecule has 7 atom stereocenters. The maximum absolute atomic E-state index is 13.2. The van der Waals surface area contributed by atoms with E-state index in [-0.39, 0.29) is 42.0 Å². The van der Waals surface area contributed by atoms with Crippen LogP contribution in [0.25, 0.3) is 0 Å². The third-order valence-electron chi connectivity index (χ3n) is 9.55. The minimum atomic E-state index is -1.43. The van der Waals surface area contributed by atoms with Crippen LogP contribution in [0.15, 0.2) is 11.6 Å². The second-order valence-electron chi connectivity index (χ2n) is 10.9. The Balaban J connectivity index is 1.66. The zero-order valence-corrected chi connectivity index (χ0v) is 20.1. The van der Waals surface area contributed by atoms with Crippen molar-refractivity contribution in [1.82, 2.24) is 0 Å². The molecule has 4 rings (SSSR count). The molecule has 0 spiro atoms. The van der Waals surface area contributed by atoms with Crippen LogP contribution in [-0.2, 0) is 23.9 Å². The molecule has 0 aromatic carbocycles. The van der Waals surface area contributed by atoms with Crippen molar-refractivity contribution >= 4 is 17.5 Å². The molecule has 0 bridgehead atoms. The van der Waals surface area contributed by atoms with Gasteiger partial charge >= 0.3 is 5.97 Å². The topological polar surface area (TPSA) is 110 Å². The molecule has 7 nitrogen and oxygen atoms in total. The second-order valence-corrected chi connectivity index (χ2v) is 10.9. The fourth-order valence-corrected chi connectivity index (χ4v) is 8.03. The average molecular weight is 463 g/mol. The zero-order chi connectivity index (χ0) is 24.0. The lowest BCUT2D eigenvalue weighted by molar-refractivity contribution is -0.202. The molecule has 0 aromatic heterocycles. The summed E-state index contributed by atoms with van der Waals surface area (Å²) < 4.78 is 11.2. The quantitative estimate of drug-likeness (QED) is 0.442. The van der Waals surface area contributed by atoms with Gasteiger partial charge in [-0.15, -0.1) is 0 Å². The van der Waals surface area contributed by atoms with Gasteiger partial charge in [0.25, 0.3) is 0 Å². The summed E-state index contributed by atoms with van der Waals surface area (Å²) in [5, 5.41) is 21.4. The van der Waals surface area contributed by atoms with Crippen molar-refractivity contribution in [1.29, 1.82) is 0 Å². The van der Waals surface area contributed by atoms with E-state index >= 15 is 0 Å². The van der Waals surface area contributed by atoms with Gasteiger partial charge in [-0.2, -0.15) is 0 Å². The molecule has 0 aromatic rings. The van der Waals surface area contributed by atoms with Crippen LogP contribution < -0.4 is 0 Å². The van der Waals surface area contributed by atoms with Crippen LogP contribution in [0.4, 0.5) is 0 Å². The second kappa shape index (κ2) is 8.90. The van der Waals surface area contributed by atoms with Crippen LogP contribution >= 0.6 is 0 Å². The van der Waals surface area contributed by atoms with Gasteiger partial charge in [-0.1, -0.05) is 19.4 Å². The number of hydrogen-bond acceptors (Lipinski definition) is 7. The molecule has 4 aliphatic carbocycles. The van der Waals surface area contributed by atoms with E-state index in [0.29, 0.717) is 32.3 Å². The highest BCUT2D eigenvalue weighted by atomic mass is 16.6. The van der Waals surface area contributed by atoms with Crippen molar-refractivity contribution in [2.24, 2.45) is 28.6 Å². The average Bonchev–Trinajstić information content (AvgIpc) is 3.06. The van der Waals surface area contributed by atoms with Crippen LogP contribution in [0.2, 0.25) is 0 Å². The van der Waals surface area contributed by atoms with Crippen molar-refractivity contribution in [3.05, 3.63) is 11.6 Å². The number of hydrogen-bond donors (Lipinski definition) is 2. The van der Waals surface area contributed by atoms with Gasteiger partial charge in [-0.25, -0.2) is 0 Å². The number of carbonyl (C=O) groups excluding carboxylic acids is 3. The lowest BCUT2D eigenvalue weighted by atomic mass is 9.45. The number of allylic oxidation sites excluding steroid dienone is 1. The Kier molecular flexibility index (Phi) is 6.62. The van der Waals surface area contributed by atoms with Gasteiger partial charge in [-0.05, 0) is 74.7 Å². The minimum Gasteiger partial charge on any atom is -0.450 e. The summed E-state index contributed by atoms with van der Waals surface area (Å²) in [6, 6.07) is 0. The monoisotopic (exact) mass is 462 g/mol. The number of aliphatic hydroxyl groups is 2. The van der Waals surface area contributed by atoms with Crippen LogP contribution in [0.1, 0.15) is 72.1 Å². The first-order valence-corrected chi connectivity index (χ1v) is 12.5. The van der Waals surface area contributed by atoms with E-state index in [9.17, 15) is 24.6 Å². The van der Waals surface area contributed by atoms with E-state index in [1.54, 1.807) is 6.08 Å². The van der Waals surface area contributed by atoms with Crippen LogP contribution in [-0.4, -0.2) is 59.3 Å². The predicted molar refractivity (Wildman–Crippen MR) is 120 cm³/mol. The molecule has 33 heavy (non-hydrogen) atoms. The Morgan fingerprint density at radius 2 is 1.94 bits per heavy atom. The first-order chi connectivity index (χ1) is 15.6. The molecule has 7 heteroatoms.